The van der Waals surface area contributed by atoms with E-state index in [-0.39, 0.29) is 24.0 Å². The van der Waals surface area contributed by atoms with Crippen molar-refractivity contribution in [3.05, 3.63) is 36.5 Å². The molecule has 0 aromatic rings. The first kappa shape index (κ1) is 12.2. The van der Waals surface area contributed by atoms with Gasteiger partial charge in [-0.15, -0.1) is 13.2 Å². The molecule has 0 aliphatic rings. The lowest BCUT2D eigenvalue weighted by Gasteiger charge is -2.04. The van der Waals surface area contributed by atoms with Gasteiger partial charge >= 0.3 is 11.9 Å². The van der Waals surface area contributed by atoms with Crippen LogP contribution in [0.2, 0.25) is 0 Å². The highest BCUT2D eigenvalue weighted by atomic mass is 16.4. The summed E-state index contributed by atoms with van der Waals surface area (Å²) in [6, 6.07) is 0. The molecular formula is C10H12O4. The van der Waals surface area contributed by atoms with Gasteiger partial charge in [0.15, 0.2) is 0 Å². The number of aliphatic carboxylic acids is 2. The van der Waals surface area contributed by atoms with Gasteiger partial charge in [0.25, 0.3) is 0 Å². The molecule has 0 spiro atoms. The monoisotopic (exact) mass is 196 g/mol. The zero-order valence-electron chi connectivity index (χ0n) is 7.69. The molecule has 0 rings (SSSR count). The summed E-state index contributed by atoms with van der Waals surface area (Å²) in [5, 5.41) is 17.5. The van der Waals surface area contributed by atoms with Crippen molar-refractivity contribution in [3.8, 4) is 0 Å². The summed E-state index contributed by atoms with van der Waals surface area (Å²) in [5.41, 5.74) is -0.292. The van der Waals surface area contributed by atoms with Gasteiger partial charge in [-0.2, -0.15) is 0 Å². The van der Waals surface area contributed by atoms with Crippen LogP contribution >= 0.6 is 0 Å². The molecule has 0 aliphatic carbocycles. The number of hydrogen-bond donors (Lipinski definition) is 2. The Bertz CT molecular complexity index is 269. The Labute approximate surface area is 81.9 Å². The van der Waals surface area contributed by atoms with E-state index in [9.17, 15) is 9.59 Å². The first-order chi connectivity index (χ1) is 6.54. The third kappa shape index (κ3) is 3.26. The molecule has 0 amide bonds. The minimum atomic E-state index is -1.23. The minimum Gasteiger partial charge on any atom is -0.478 e. The Balaban J connectivity index is 5.23. The highest BCUT2D eigenvalue weighted by molar-refractivity contribution is 5.99. The average Bonchev–Trinajstić information content (AvgIpc) is 2.10. The van der Waals surface area contributed by atoms with Gasteiger partial charge in [0.2, 0.25) is 0 Å². The second kappa shape index (κ2) is 5.75. The molecule has 14 heavy (non-hydrogen) atoms. The van der Waals surface area contributed by atoms with Gasteiger partial charge in [0.1, 0.15) is 0 Å². The molecule has 0 bridgehead atoms. The minimum absolute atomic E-state index is 0.0325. The maximum atomic E-state index is 10.7. The molecule has 0 saturated carbocycles. The van der Waals surface area contributed by atoms with E-state index in [4.69, 9.17) is 10.2 Å². The Kier molecular flexibility index (Phi) is 4.99. The van der Waals surface area contributed by atoms with Crippen LogP contribution in [0, 0.1) is 0 Å². The largest absolute Gasteiger partial charge is 0.478 e. The number of carboxylic acid groups (broad SMARTS) is 2. The van der Waals surface area contributed by atoms with Crippen molar-refractivity contribution in [3.63, 3.8) is 0 Å². The predicted molar refractivity (Wildman–Crippen MR) is 51.9 cm³/mol. The second-order valence-corrected chi connectivity index (χ2v) is 2.55. The van der Waals surface area contributed by atoms with E-state index in [1.807, 2.05) is 0 Å². The van der Waals surface area contributed by atoms with Crippen molar-refractivity contribution in [1.82, 2.24) is 0 Å². The third-order valence-corrected chi connectivity index (χ3v) is 1.58. The fourth-order valence-electron chi connectivity index (χ4n) is 0.968. The topological polar surface area (TPSA) is 74.6 Å². The SMILES string of the molecule is C=CC/C(C(=O)O)=C(/CC=C)C(=O)O. The van der Waals surface area contributed by atoms with Crippen LogP contribution < -0.4 is 0 Å². The lowest BCUT2D eigenvalue weighted by molar-refractivity contribution is -0.136. The van der Waals surface area contributed by atoms with E-state index in [0.29, 0.717) is 0 Å². The quantitative estimate of drug-likeness (QED) is 0.500. The molecule has 0 heterocycles. The van der Waals surface area contributed by atoms with Crippen LogP contribution in [0.15, 0.2) is 36.5 Å². The lowest BCUT2D eigenvalue weighted by atomic mass is 10.0. The Morgan fingerprint density at radius 2 is 1.21 bits per heavy atom. The first-order valence-electron chi connectivity index (χ1n) is 3.95. The van der Waals surface area contributed by atoms with Gasteiger partial charge in [-0.3, -0.25) is 0 Å². The summed E-state index contributed by atoms with van der Waals surface area (Å²) in [7, 11) is 0. The van der Waals surface area contributed by atoms with E-state index in [1.54, 1.807) is 0 Å². The molecule has 0 unspecified atom stereocenters. The second-order valence-electron chi connectivity index (χ2n) is 2.55. The fourth-order valence-corrected chi connectivity index (χ4v) is 0.968. The Morgan fingerprint density at radius 3 is 1.36 bits per heavy atom. The zero-order valence-corrected chi connectivity index (χ0v) is 7.69. The standard InChI is InChI=1S/C10H12O4/c1-3-5-7(9(11)12)8(6-4-2)10(13)14/h3-4H,1-2,5-6H2,(H,11,12)(H,13,14)/b8-7+. The smallest absolute Gasteiger partial charge is 0.332 e. The number of hydrogen-bond acceptors (Lipinski definition) is 2. The van der Waals surface area contributed by atoms with E-state index in [1.165, 1.54) is 12.2 Å². The molecule has 76 valence electrons. The first-order valence-corrected chi connectivity index (χ1v) is 3.95. The number of allylic oxidation sites excluding steroid dienone is 2. The van der Waals surface area contributed by atoms with E-state index < -0.39 is 11.9 Å². The Morgan fingerprint density at radius 1 is 0.929 bits per heavy atom. The van der Waals surface area contributed by atoms with Crippen LogP contribution in [-0.2, 0) is 9.59 Å². The number of carbonyl (C=O) groups is 2. The molecule has 0 aliphatic heterocycles. The Hall–Kier alpha value is -1.84. The molecule has 0 fully saturated rings. The summed E-state index contributed by atoms with van der Waals surface area (Å²) in [5.74, 6) is -2.46. The predicted octanol–water partition coefficient (Wildman–Crippen LogP) is 1.60. The lowest BCUT2D eigenvalue weighted by Crippen LogP contribution is -2.10. The van der Waals surface area contributed by atoms with Crippen LogP contribution in [0.3, 0.4) is 0 Å². The average molecular weight is 196 g/mol. The molecule has 0 aromatic heterocycles. The molecule has 0 atom stereocenters. The van der Waals surface area contributed by atoms with Gasteiger partial charge in [-0.05, 0) is 12.8 Å². The highest BCUT2D eigenvalue weighted by Gasteiger charge is 2.17. The summed E-state index contributed by atoms with van der Waals surface area (Å²) in [6.45, 7) is 6.74. The highest BCUT2D eigenvalue weighted by Crippen LogP contribution is 2.14. The van der Waals surface area contributed by atoms with Crippen LogP contribution in [0.4, 0.5) is 0 Å². The molecule has 2 N–H and O–H groups in total. The maximum Gasteiger partial charge on any atom is 0.332 e. The van der Waals surface area contributed by atoms with Crippen LogP contribution in [0.25, 0.3) is 0 Å². The summed E-state index contributed by atoms with van der Waals surface area (Å²) >= 11 is 0. The molecule has 4 nitrogen and oxygen atoms in total. The molecule has 0 aromatic carbocycles. The van der Waals surface area contributed by atoms with Gasteiger partial charge in [-0.25, -0.2) is 9.59 Å². The van der Waals surface area contributed by atoms with Crippen molar-refractivity contribution in [2.24, 2.45) is 0 Å². The van der Waals surface area contributed by atoms with Crippen molar-refractivity contribution in [2.45, 2.75) is 12.8 Å². The fraction of sp³-hybridized carbons (Fsp3) is 0.200. The molecule has 4 heteroatoms. The van der Waals surface area contributed by atoms with E-state index in [2.05, 4.69) is 13.2 Å². The third-order valence-electron chi connectivity index (χ3n) is 1.58. The molecule has 0 saturated heterocycles. The summed E-state index contributed by atoms with van der Waals surface area (Å²) in [4.78, 5) is 21.4. The van der Waals surface area contributed by atoms with Crippen LogP contribution in [-0.4, -0.2) is 22.2 Å². The maximum absolute atomic E-state index is 10.7. The molecular weight excluding hydrogens is 184 g/mol. The van der Waals surface area contributed by atoms with Crippen molar-refractivity contribution >= 4 is 11.9 Å². The zero-order chi connectivity index (χ0) is 11.1. The van der Waals surface area contributed by atoms with Gasteiger partial charge < -0.3 is 10.2 Å². The van der Waals surface area contributed by atoms with Gasteiger partial charge in [-0.1, -0.05) is 12.2 Å². The van der Waals surface area contributed by atoms with E-state index in [0.717, 1.165) is 0 Å². The summed E-state index contributed by atoms with van der Waals surface area (Å²) < 4.78 is 0. The normalized spacial score (nSPS) is 11.4. The van der Waals surface area contributed by atoms with Gasteiger partial charge in [0, 0.05) is 0 Å². The van der Waals surface area contributed by atoms with E-state index >= 15 is 0 Å². The summed E-state index contributed by atoms with van der Waals surface area (Å²) in [6.07, 6.45) is 2.78. The van der Waals surface area contributed by atoms with Crippen molar-refractivity contribution < 1.29 is 19.8 Å². The van der Waals surface area contributed by atoms with Crippen molar-refractivity contribution in [1.29, 1.82) is 0 Å². The number of rotatable bonds is 6. The van der Waals surface area contributed by atoms with Crippen LogP contribution in [0.1, 0.15) is 12.8 Å². The van der Waals surface area contributed by atoms with Crippen molar-refractivity contribution in [2.75, 3.05) is 0 Å². The van der Waals surface area contributed by atoms with Gasteiger partial charge in [0.05, 0.1) is 11.1 Å². The number of carboxylic acids is 2. The van der Waals surface area contributed by atoms with Crippen LogP contribution in [0.5, 0.6) is 0 Å². The molecule has 0 radical (unpaired) electrons.